The number of halogens is 2. The van der Waals surface area contributed by atoms with Crippen LogP contribution >= 0.6 is 11.6 Å². The summed E-state index contributed by atoms with van der Waals surface area (Å²) in [5, 5.41) is 0.104. The maximum atomic E-state index is 13.0. The van der Waals surface area contributed by atoms with Gasteiger partial charge in [0.15, 0.2) is 0 Å². The molecule has 1 aromatic carbocycles. The van der Waals surface area contributed by atoms with Gasteiger partial charge in [-0.1, -0.05) is 17.7 Å². The van der Waals surface area contributed by atoms with Crippen LogP contribution in [0.1, 0.15) is 17.2 Å². The van der Waals surface area contributed by atoms with Gasteiger partial charge in [0.25, 0.3) is 0 Å². The molecule has 0 spiro atoms. The Morgan fingerprint density at radius 3 is 2.59 bits per heavy atom. The lowest BCUT2D eigenvalue weighted by Crippen LogP contribution is -2.13. The fourth-order valence-corrected chi connectivity index (χ4v) is 1.82. The normalized spacial score (nSPS) is 12.4. The largest absolute Gasteiger partial charge is 0.324 e. The maximum Gasteiger partial charge on any atom is 0.141 e. The molecule has 0 fully saturated rings. The SMILES string of the molecule is NC(Cc1ccncc1)c1ccc(F)c(Cl)c1. The molecule has 0 amide bonds. The second-order valence-electron chi connectivity index (χ2n) is 3.84. The number of pyridine rings is 1. The molecule has 2 rings (SSSR count). The summed E-state index contributed by atoms with van der Waals surface area (Å²) in [4.78, 5) is 3.94. The van der Waals surface area contributed by atoms with Crippen molar-refractivity contribution in [3.05, 3.63) is 64.7 Å². The summed E-state index contributed by atoms with van der Waals surface area (Å²) in [6, 6.07) is 8.19. The standard InChI is InChI=1S/C13H12ClFN2/c14-11-8-10(1-2-12(11)15)13(16)7-9-3-5-17-6-4-9/h1-6,8,13H,7,16H2. The van der Waals surface area contributed by atoms with E-state index >= 15 is 0 Å². The number of aromatic nitrogens is 1. The van der Waals surface area contributed by atoms with Gasteiger partial charge in [-0.3, -0.25) is 4.98 Å². The molecule has 17 heavy (non-hydrogen) atoms. The molecule has 2 nitrogen and oxygen atoms in total. The Morgan fingerprint density at radius 1 is 1.24 bits per heavy atom. The van der Waals surface area contributed by atoms with Crippen molar-refractivity contribution in [3.8, 4) is 0 Å². The lowest BCUT2D eigenvalue weighted by atomic mass is 10.0. The zero-order valence-electron chi connectivity index (χ0n) is 9.11. The predicted molar refractivity (Wildman–Crippen MR) is 66.3 cm³/mol. The third-order valence-corrected chi connectivity index (χ3v) is 2.87. The third-order valence-electron chi connectivity index (χ3n) is 2.58. The zero-order valence-corrected chi connectivity index (χ0v) is 9.86. The highest BCUT2D eigenvalue weighted by atomic mass is 35.5. The third kappa shape index (κ3) is 3.02. The van der Waals surface area contributed by atoms with Crippen molar-refractivity contribution >= 4 is 11.6 Å². The molecule has 1 heterocycles. The van der Waals surface area contributed by atoms with Gasteiger partial charge in [-0.2, -0.15) is 0 Å². The highest BCUT2D eigenvalue weighted by Gasteiger charge is 2.09. The minimum atomic E-state index is -0.425. The Labute approximate surface area is 104 Å². The molecule has 0 bridgehead atoms. The number of hydrogen-bond acceptors (Lipinski definition) is 2. The Hall–Kier alpha value is -1.45. The van der Waals surface area contributed by atoms with Crippen LogP contribution in [0.3, 0.4) is 0 Å². The minimum Gasteiger partial charge on any atom is -0.324 e. The van der Waals surface area contributed by atoms with Gasteiger partial charge < -0.3 is 5.73 Å². The first kappa shape index (κ1) is 12.0. The van der Waals surface area contributed by atoms with Crippen LogP contribution in [0, 0.1) is 5.82 Å². The van der Waals surface area contributed by atoms with Crippen molar-refractivity contribution in [2.24, 2.45) is 5.73 Å². The summed E-state index contributed by atoms with van der Waals surface area (Å²) in [5.74, 6) is -0.425. The highest BCUT2D eigenvalue weighted by Crippen LogP contribution is 2.21. The number of benzene rings is 1. The number of hydrogen-bond donors (Lipinski definition) is 1. The summed E-state index contributed by atoms with van der Waals surface area (Å²) >= 11 is 5.72. The Morgan fingerprint density at radius 2 is 1.94 bits per heavy atom. The van der Waals surface area contributed by atoms with Gasteiger partial charge in [-0.15, -0.1) is 0 Å². The van der Waals surface area contributed by atoms with E-state index in [0.29, 0.717) is 6.42 Å². The van der Waals surface area contributed by atoms with Gasteiger partial charge in [-0.25, -0.2) is 4.39 Å². The molecular weight excluding hydrogens is 239 g/mol. The quantitative estimate of drug-likeness (QED) is 0.909. The molecule has 1 atom stereocenters. The average molecular weight is 251 g/mol. The molecule has 1 unspecified atom stereocenters. The van der Waals surface area contributed by atoms with Gasteiger partial charge >= 0.3 is 0 Å². The van der Waals surface area contributed by atoms with Gasteiger partial charge in [0.05, 0.1) is 5.02 Å². The molecular formula is C13H12ClFN2. The van der Waals surface area contributed by atoms with Crippen molar-refractivity contribution in [2.45, 2.75) is 12.5 Å². The Bertz CT molecular complexity index is 502. The van der Waals surface area contributed by atoms with Gasteiger partial charge in [-0.05, 0) is 41.8 Å². The number of nitrogens with two attached hydrogens (primary N) is 1. The highest BCUT2D eigenvalue weighted by molar-refractivity contribution is 6.30. The van der Waals surface area contributed by atoms with E-state index in [9.17, 15) is 4.39 Å². The zero-order chi connectivity index (χ0) is 12.3. The minimum absolute atomic E-state index is 0.104. The van der Waals surface area contributed by atoms with Crippen LogP contribution in [-0.2, 0) is 6.42 Å². The number of rotatable bonds is 3. The smallest absolute Gasteiger partial charge is 0.141 e. The van der Waals surface area contributed by atoms with Crippen LogP contribution in [0.4, 0.5) is 4.39 Å². The lowest BCUT2D eigenvalue weighted by Gasteiger charge is -2.12. The fourth-order valence-electron chi connectivity index (χ4n) is 1.63. The van der Waals surface area contributed by atoms with Crippen molar-refractivity contribution < 1.29 is 4.39 Å². The van der Waals surface area contributed by atoms with E-state index in [4.69, 9.17) is 17.3 Å². The van der Waals surface area contributed by atoms with Crippen LogP contribution in [0.2, 0.25) is 5.02 Å². The predicted octanol–water partition coefficient (Wildman–Crippen LogP) is 3.12. The monoisotopic (exact) mass is 250 g/mol. The van der Waals surface area contributed by atoms with Crippen LogP contribution < -0.4 is 5.73 Å². The van der Waals surface area contributed by atoms with E-state index in [1.807, 2.05) is 12.1 Å². The van der Waals surface area contributed by atoms with Crippen molar-refractivity contribution in [3.63, 3.8) is 0 Å². The summed E-state index contributed by atoms with van der Waals surface area (Å²) in [6.07, 6.45) is 4.11. The van der Waals surface area contributed by atoms with Crippen LogP contribution in [-0.4, -0.2) is 4.98 Å². The average Bonchev–Trinajstić information content (AvgIpc) is 2.34. The molecule has 0 radical (unpaired) electrons. The molecule has 0 aliphatic rings. The van der Waals surface area contributed by atoms with Crippen molar-refractivity contribution in [1.82, 2.24) is 4.98 Å². The Balaban J connectivity index is 2.14. The van der Waals surface area contributed by atoms with Crippen LogP contribution in [0.15, 0.2) is 42.7 Å². The van der Waals surface area contributed by atoms with Gasteiger partial charge in [0, 0.05) is 18.4 Å². The van der Waals surface area contributed by atoms with Crippen molar-refractivity contribution in [2.75, 3.05) is 0 Å². The van der Waals surface area contributed by atoms with Gasteiger partial charge in [0.1, 0.15) is 5.82 Å². The Kier molecular flexibility index (Phi) is 3.71. The molecule has 0 saturated carbocycles. The van der Waals surface area contributed by atoms with Crippen LogP contribution in [0.25, 0.3) is 0 Å². The maximum absolute atomic E-state index is 13.0. The molecule has 2 aromatic rings. The molecule has 0 aliphatic carbocycles. The number of nitrogens with zero attached hydrogens (tertiary/aromatic N) is 1. The summed E-state index contributed by atoms with van der Waals surface area (Å²) in [7, 11) is 0. The first-order valence-corrected chi connectivity index (χ1v) is 5.64. The second kappa shape index (κ2) is 5.25. The second-order valence-corrected chi connectivity index (χ2v) is 4.25. The van der Waals surface area contributed by atoms with E-state index in [1.54, 1.807) is 24.5 Å². The lowest BCUT2D eigenvalue weighted by molar-refractivity contribution is 0.625. The fraction of sp³-hybridized carbons (Fsp3) is 0.154. The molecule has 0 aliphatic heterocycles. The van der Waals surface area contributed by atoms with E-state index in [1.165, 1.54) is 6.07 Å². The molecule has 0 saturated heterocycles. The summed E-state index contributed by atoms with van der Waals surface area (Å²) in [5.41, 5.74) is 7.96. The van der Waals surface area contributed by atoms with E-state index in [-0.39, 0.29) is 11.1 Å². The molecule has 4 heteroatoms. The van der Waals surface area contributed by atoms with E-state index in [0.717, 1.165) is 11.1 Å². The molecule has 1 aromatic heterocycles. The summed E-state index contributed by atoms with van der Waals surface area (Å²) < 4.78 is 13.0. The van der Waals surface area contributed by atoms with Gasteiger partial charge in [0.2, 0.25) is 0 Å². The van der Waals surface area contributed by atoms with E-state index in [2.05, 4.69) is 4.98 Å². The van der Waals surface area contributed by atoms with Crippen molar-refractivity contribution in [1.29, 1.82) is 0 Å². The summed E-state index contributed by atoms with van der Waals surface area (Å²) in [6.45, 7) is 0. The van der Waals surface area contributed by atoms with E-state index < -0.39 is 5.82 Å². The van der Waals surface area contributed by atoms with Crippen LogP contribution in [0.5, 0.6) is 0 Å². The molecule has 2 N–H and O–H groups in total. The first-order valence-electron chi connectivity index (χ1n) is 5.26. The first-order chi connectivity index (χ1) is 8.16. The molecule has 88 valence electrons. The topological polar surface area (TPSA) is 38.9 Å².